The van der Waals surface area contributed by atoms with E-state index in [1.807, 2.05) is 30.3 Å². The predicted octanol–water partition coefficient (Wildman–Crippen LogP) is 2.64. The van der Waals surface area contributed by atoms with Crippen molar-refractivity contribution in [1.82, 2.24) is 20.8 Å². The van der Waals surface area contributed by atoms with Crippen molar-refractivity contribution in [2.24, 2.45) is 0 Å². The second-order valence-corrected chi connectivity index (χ2v) is 7.00. The number of halogens is 1. The van der Waals surface area contributed by atoms with Crippen LogP contribution in [0.3, 0.4) is 0 Å². The molecular weight excluding hydrogens is 400 g/mol. The molecule has 0 spiro atoms. The van der Waals surface area contributed by atoms with Gasteiger partial charge in [0.15, 0.2) is 5.16 Å². The average Bonchev–Trinajstić information content (AvgIpc) is 2.71. The highest BCUT2D eigenvalue weighted by atomic mass is 35.5. The van der Waals surface area contributed by atoms with Crippen molar-refractivity contribution in [3.63, 3.8) is 0 Å². The van der Waals surface area contributed by atoms with E-state index in [-0.39, 0.29) is 11.3 Å². The number of nitrogens with one attached hydrogen (secondary N) is 3. The Bertz CT molecular complexity index is 1040. The van der Waals surface area contributed by atoms with E-state index >= 15 is 0 Å². The first-order chi connectivity index (χ1) is 13.5. The molecule has 7 nitrogen and oxygen atoms in total. The Morgan fingerprint density at radius 3 is 2.46 bits per heavy atom. The van der Waals surface area contributed by atoms with Crippen molar-refractivity contribution in [2.45, 2.75) is 5.16 Å². The van der Waals surface area contributed by atoms with Crippen LogP contribution in [0.5, 0.6) is 0 Å². The highest BCUT2D eigenvalue weighted by Gasteiger charge is 2.10. The Balaban J connectivity index is 1.56. The first-order valence-electron chi connectivity index (χ1n) is 8.15. The number of carbonyl (C=O) groups is 2. The molecule has 1 aromatic heterocycles. The normalized spacial score (nSPS) is 10.3. The van der Waals surface area contributed by atoms with E-state index < -0.39 is 11.8 Å². The maximum Gasteiger partial charge on any atom is 0.269 e. The minimum absolute atomic E-state index is 0.0396. The number of carbonyl (C=O) groups excluding carboxylic acids is 2. The molecule has 3 N–H and O–H groups in total. The molecule has 0 unspecified atom stereocenters. The fourth-order valence-corrected chi connectivity index (χ4v) is 3.03. The number of rotatable bonds is 5. The zero-order chi connectivity index (χ0) is 19.9. The van der Waals surface area contributed by atoms with Gasteiger partial charge in [-0.05, 0) is 24.3 Å². The van der Waals surface area contributed by atoms with E-state index in [1.54, 1.807) is 24.3 Å². The van der Waals surface area contributed by atoms with Crippen molar-refractivity contribution >= 4 is 35.2 Å². The largest absolute Gasteiger partial charge is 0.301 e. The summed E-state index contributed by atoms with van der Waals surface area (Å²) >= 11 is 6.82. The summed E-state index contributed by atoms with van der Waals surface area (Å²) in [5, 5.41) is 0.821. The number of hydrogen-bond donors (Lipinski definition) is 3. The average molecular weight is 415 g/mol. The zero-order valence-electron chi connectivity index (χ0n) is 14.4. The molecule has 142 valence electrons. The molecule has 0 fully saturated rings. The number of amides is 2. The number of aromatic amines is 1. The molecule has 9 heteroatoms. The van der Waals surface area contributed by atoms with Crippen LogP contribution in [0, 0.1) is 0 Å². The topological polar surface area (TPSA) is 104 Å². The third kappa shape index (κ3) is 5.45. The summed E-state index contributed by atoms with van der Waals surface area (Å²) in [4.78, 5) is 42.7. The Morgan fingerprint density at radius 2 is 1.75 bits per heavy atom. The van der Waals surface area contributed by atoms with Gasteiger partial charge in [0.1, 0.15) is 0 Å². The molecule has 0 aliphatic carbocycles. The summed E-state index contributed by atoms with van der Waals surface area (Å²) in [6.07, 6.45) is 0. The quantitative estimate of drug-likeness (QED) is 0.338. The summed E-state index contributed by atoms with van der Waals surface area (Å²) in [6, 6.07) is 16.9. The molecular formula is C19H15ClN4O3S. The number of hydrogen-bond acceptors (Lipinski definition) is 5. The number of hydrazine groups is 1. The van der Waals surface area contributed by atoms with E-state index in [0.717, 1.165) is 17.3 Å². The lowest BCUT2D eigenvalue weighted by atomic mass is 10.1. The Kier molecular flexibility index (Phi) is 6.46. The van der Waals surface area contributed by atoms with E-state index in [2.05, 4.69) is 20.8 Å². The Labute approximate surface area is 169 Å². The van der Waals surface area contributed by atoms with E-state index in [9.17, 15) is 14.4 Å². The molecule has 3 aromatic rings. The monoisotopic (exact) mass is 414 g/mol. The number of aromatic nitrogens is 2. The lowest BCUT2D eigenvalue weighted by Gasteiger charge is -2.08. The van der Waals surface area contributed by atoms with Crippen molar-refractivity contribution in [2.75, 3.05) is 5.75 Å². The molecule has 0 radical (unpaired) electrons. The third-order valence-corrected chi connectivity index (χ3v) is 4.68. The van der Waals surface area contributed by atoms with Crippen LogP contribution in [-0.4, -0.2) is 27.5 Å². The molecule has 0 aliphatic rings. The Morgan fingerprint density at radius 1 is 1.04 bits per heavy atom. The maximum absolute atomic E-state index is 12.0. The fourth-order valence-electron chi connectivity index (χ4n) is 2.23. The molecule has 0 atom stereocenters. The molecule has 2 aromatic carbocycles. The smallest absolute Gasteiger partial charge is 0.269 e. The number of nitrogens with zero attached hydrogens (tertiary/aromatic N) is 1. The third-order valence-electron chi connectivity index (χ3n) is 3.55. The summed E-state index contributed by atoms with van der Waals surface area (Å²) in [5.74, 6) is -0.949. The fraction of sp³-hybridized carbons (Fsp3) is 0.0526. The molecule has 2 amide bonds. The number of benzene rings is 2. The first kappa shape index (κ1) is 19.7. The lowest BCUT2D eigenvalue weighted by molar-refractivity contribution is -0.119. The second-order valence-electron chi connectivity index (χ2n) is 5.60. The highest BCUT2D eigenvalue weighted by molar-refractivity contribution is 7.99. The van der Waals surface area contributed by atoms with Gasteiger partial charge in [0.05, 0.1) is 11.4 Å². The van der Waals surface area contributed by atoms with Gasteiger partial charge in [-0.25, -0.2) is 4.98 Å². The van der Waals surface area contributed by atoms with E-state index in [0.29, 0.717) is 21.4 Å². The molecule has 0 saturated heterocycles. The van der Waals surface area contributed by atoms with Gasteiger partial charge in [0, 0.05) is 22.2 Å². The van der Waals surface area contributed by atoms with Gasteiger partial charge in [0.2, 0.25) is 5.91 Å². The van der Waals surface area contributed by atoms with Gasteiger partial charge in [-0.1, -0.05) is 53.7 Å². The van der Waals surface area contributed by atoms with Crippen molar-refractivity contribution in [3.8, 4) is 11.3 Å². The van der Waals surface area contributed by atoms with Gasteiger partial charge >= 0.3 is 0 Å². The lowest BCUT2D eigenvalue weighted by Crippen LogP contribution is -2.42. The van der Waals surface area contributed by atoms with Crippen LogP contribution in [0.15, 0.2) is 70.6 Å². The molecule has 3 rings (SSSR count). The van der Waals surface area contributed by atoms with Crippen LogP contribution in [-0.2, 0) is 4.79 Å². The molecule has 1 heterocycles. The van der Waals surface area contributed by atoms with Crippen molar-refractivity contribution in [1.29, 1.82) is 0 Å². The first-order valence-corrected chi connectivity index (χ1v) is 9.52. The Hall–Kier alpha value is -3.10. The minimum atomic E-state index is -0.465. The predicted molar refractivity (Wildman–Crippen MR) is 108 cm³/mol. The van der Waals surface area contributed by atoms with E-state index in [4.69, 9.17) is 11.6 Å². The highest BCUT2D eigenvalue weighted by Crippen LogP contribution is 2.18. The van der Waals surface area contributed by atoms with Crippen LogP contribution < -0.4 is 16.4 Å². The summed E-state index contributed by atoms with van der Waals surface area (Å²) in [6.45, 7) is 0. The van der Waals surface area contributed by atoms with Crippen LogP contribution >= 0.6 is 23.4 Å². The molecule has 0 bridgehead atoms. The van der Waals surface area contributed by atoms with Crippen LogP contribution in [0.1, 0.15) is 10.4 Å². The summed E-state index contributed by atoms with van der Waals surface area (Å²) < 4.78 is 0. The van der Waals surface area contributed by atoms with E-state index in [1.165, 1.54) is 6.07 Å². The molecule has 0 saturated carbocycles. The van der Waals surface area contributed by atoms with Gasteiger partial charge < -0.3 is 4.98 Å². The number of H-pyrrole nitrogens is 1. The second kappa shape index (κ2) is 9.20. The van der Waals surface area contributed by atoms with Gasteiger partial charge in [-0.3, -0.25) is 25.2 Å². The van der Waals surface area contributed by atoms with Crippen LogP contribution in [0.25, 0.3) is 11.3 Å². The maximum atomic E-state index is 12.0. The summed E-state index contributed by atoms with van der Waals surface area (Å²) in [5.41, 5.74) is 6.00. The van der Waals surface area contributed by atoms with Gasteiger partial charge in [-0.2, -0.15) is 0 Å². The van der Waals surface area contributed by atoms with Gasteiger partial charge in [0.25, 0.3) is 11.5 Å². The standard InChI is InChI=1S/C19H15ClN4O3S/c20-14-8-6-13(7-9-14)18(27)24-23-17(26)11-28-19-21-15(10-16(25)22-19)12-4-2-1-3-5-12/h1-10H,11H2,(H,23,26)(H,24,27)(H,21,22,25). The minimum Gasteiger partial charge on any atom is -0.301 e. The van der Waals surface area contributed by atoms with Gasteiger partial charge in [-0.15, -0.1) is 0 Å². The molecule has 28 heavy (non-hydrogen) atoms. The van der Waals surface area contributed by atoms with Crippen molar-refractivity contribution in [3.05, 3.63) is 81.6 Å². The molecule has 0 aliphatic heterocycles. The SMILES string of the molecule is O=C(CSc1nc(-c2ccccc2)cc(=O)[nH]1)NNC(=O)c1ccc(Cl)cc1. The van der Waals surface area contributed by atoms with Crippen LogP contribution in [0.2, 0.25) is 5.02 Å². The van der Waals surface area contributed by atoms with Crippen LogP contribution in [0.4, 0.5) is 0 Å². The number of thioether (sulfide) groups is 1. The van der Waals surface area contributed by atoms with Crippen molar-refractivity contribution < 1.29 is 9.59 Å². The summed E-state index contributed by atoms with van der Waals surface area (Å²) in [7, 11) is 0. The zero-order valence-corrected chi connectivity index (χ0v) is 16.0.